The number of anilines is 1. The Kier molecular flexibility index (Phi) is 4.93. The van der Waals surface area contributed by atoms with Gasteiger partial charge in [0, 0.05) is 11.3 Å². The Bertz CT molecular complexity index is 1410. The third-order valence-electron chi connectivity index (χ3n) is 4.64. The van der Waals surface area contributed by atoms with E-state index in [0.717, 1.165) is 27.2 Å². The summed E-state index contributed by atoms with van der Waals surface area (Å²) in [5, 5.41) is 7.72. The van der Waals surface area contributed by atoms with E-state index < -0.39 is 0 Å². The second-order valence-corrected chi connectivity index (χ2v) is 8.10. The van der Waals surface area contributed by atoms with E-state index in [4.69, 9.17) is 11.6 Å². The molecule has 5 rings (SSSR count). The van der Waals surface area contributed by atoms with Crippen molar-refractivity contribution in [3.8, 4) is 17.1 Å². The van der Waals surface area contributed by atoms with Gasteiger partial charge < -0.3 is 5.32 Å². The first-order valence-corrected chi connectivity index (χ1v) is 10.6. The molecule has 0 unspecified atom stereocenters. The molecular weight excluding hydrogens is 432 g/mol. The van der Waals surface area contributed by atoms with Crippen LogP contribution in [0.3, 0.4) is 0 Å². The van der Waals surface area contributed by atoms with Crippen molar-refractivity contribution in [2.45, 2.75) is 6.92 Å². The van der Waals surface area contributed by atoms with E-state index in [1.807, 2.05) is 48.8 Å². The van der Waals surface area contributed by atoms with Gasteiger partial charge in [-0.15, -0.1) is 11.3 Å². The fraction of sp³-hybridized carbons (Fsp3) is 0.0455. The van der Waals surface area contributed by atoms with Crippen molar-refractivity contribution in [2.24, 2.45) is 0 Å². The molecule has 0 spiro atoms. The van der Waals surface area contributed by atoms with Gasteiger partial charge in [0.25, 0.3) is 5.91 Å². The number of hydrogen-bond acceptors (Lipinski definition) is 6. The molecule has 31 heavy (non-hydrogen) atoms. The van der Waals surface area contributed by atoms with E-state index in [0.29, 0.717) is 16.7 Å². The summed E-state index contributed by atoms with van der Waals surface area (Å²) >= 11 is 7.38. The number of carbonyl (C=O) groups excluding carboxylic acids is 1. The van der Waals surface area contributed by atoms with E-state index in [-0.39, 0.29) is 11.6 Å². The smallest absolute Gasteiger partial charge is 0.276 e. The Hall–Kier alpha value is -3.62. The molecule has 7 nitrogen and oxygen atoms in total. The summed E-state index contributed by atoms with van der Waals surface area (Å²) < 4.78 is 2.74. The maximum Gasteiger partial charge on any atom is 0.276 e. The fourth-order valence-electron chi connectivity index (χ4n) is 3.18. The van der Waals surface area contributed by atoms with E-state index in [2.05, 4.69) is 25.4 Å². The van der Waals surface area contributed by atoms with E-state index in [1.165, 1.54) is 6.20 Å². The second kappa shape index (κ2) is 7.90. The molecular formula is C22H15ClN6OS. The van der Waals surface area contributed by atoms with E-state index >= 15 is 0 Å². The zero-order chi connectivity index (χ0) is 21.4. The molecule has 1 N–H and O–H groups in total. The summed E-state index contributed by atoms with van der Waals surface area (Å²) in [5.74, 6) is 0.280. The Morgan fingerprint density at radius 3 is 2.81 bits per heavy atom. The van der Waals surface area contributed by atoms with Crippen LogP contribution in [0.2, 0.25) is 5.15 Å². The maximum absolute atomic E-state index is 12.9. The van der Waals surface area contributed by atoms with Crippen molar-refractivity contribution in [2.75, 3.05) is 5.32 Å². The number of thiazole rings is 1. The standard InChI is InChI=1S/C22H15ClN6OS/c1-13-3-2-4-21(26-13)29-18(14-5-7-16-19(9-14)31-12-25-16)10-17(28-29)22(30)27-15-6-8-20(23)24-11-15/h2-12H,1H3,(H,27,30). The van der Waals surface area contributed by atoms with Gasteiger partial charge in [-0.3, -0.25) is 4.79 Å². The molecule has 0 fully saturated rings. The minimum atomic E-state index is -0.351. The van der Waals surface area contributed by atoms with Gasteiger partial charge in [0.2, 0.25) is 0 Å². The Morgan fingerprint density at radius 1 is 1.10 bits per heavy atom. The molecule has 4 aromatic heterocycles. The van der Waals surface area contributed by atoms with Gasteiger partial charge in [0.15, 0.2) is 11.5 Å². The van der Waals surface area contributed by atoms with E-state index in [9.17, 15) is 4.79 Å². The molecule has 9 heteroatoms. The van der Waals surface area contributed by atoms with Crippen LogP contribution in [0.5, 0.6) is 0 Å². The Labute approximate surface area is 186 Å². The Morgan fingerprint density at radius 2 is 2.00 bits per heavy atom. The van der Waals surface area contributed by atoms with E-state index in [1.54, 1.807) is 34.2 Å². The van der Waals surface area contributed by atoms with Crippen LogP contribution < -0.4 is 5.32 Å². The number of halogens is 1. The lowest BCUT2D eigenvalue weighted by Gasteiger charge is -2.07. The lowest BCUT2D eigenvalue weighted by Crippen LogP contribution is -2.13. The number of nitrogens with one attached hydrogen (secondary N) is 1. The molecule has 5 aromatic rings. The molecule has 0 aliphatic carbocycles. The monoisotopic (exact) mass is 446 g/mol. The van der Waals surface area contributed by atoms with Crippen LogP contribution in [-0.2, 0) is 0 Å². The number of hydrogen-bond donors (Lipinski definition) is 1. The fourth-order valence-corrected chi connectivity index (χ4v) is 4.01. The summed E-state index contributed by atoms with van der Waals surface area (Å²) in [7, 11) is 0. The van der Waals surface area contributed by atoms with Crippen molar-refractivity contribution in [1.29, 1.82) is 0 Å². The molecule has 0 saturated carbocycles. The van der Waals surface area contributed by atoms with Gasteiger partial charge in [-0.05, 0) is 49.4 Å². The predicted octanol–water partition coefficient (Wildman–Crippen LogP) is 5.15. The van der Waals surface area contributed by atoms with Crippen molar-refractivity contribution in [3.63, 3.8) is 0 Å². The van der Waals surface area contributed by atoms with Gasteiger partial charge in [-0.2, -0.15) is 5.10 Å². The number of fused-ring (bicyclic) bond motifs is 1. The SMILES string of the molecule is Cc1cccc(-n2nc(C(=O)Nc3ccc(Cl)nc3)cc2-c2ccc3ncsc3c2)n1. The molecule has 0 aliphatic heterocycles. The topological polar surface area (TPSA) is 85.6 Å². The largest absolute Gasteiger partial charge is 0.319 e. The number of pyridine rings is 2. The minimum absolute atomic E-state index is 0.262. The third-order valence-corrected chi connectivity index (χ3v) is 5.66. The maximum atomic E-state index is 12.9. The summed E-state index contributed by atoms with van der Waals surface area (Å²) in [4.78, 5) is 25.8. The lowest BCUT2D eigenvalue weighted by atomic mass is 10.1. The molecule has 1 amide bonds. The van der Waals surface area contributed by atoms with Crippen LogP contribution in [0.1, 0.15) is 16.2 Å². The number of aromatic nitrogens is 5. The lowest BCUT2D eigenvalue weighted by molar-refractivity contribution is 0.102. The third kappa shape index (κ3) is 3.90. The molecule has 0 aliphatic rings. The van der Waals surface area contributed by atoms with Gasteiger partial charge in [0.05, 0.1) is 33.3 Å². The average Bonchev–Trinajstić information content (AvgIpc) is 3.42. The average molecular weight is 447 g/mol. The zero-order valence-corrected chi connectivity index (χ0v) is 17.9. The molecule has 0 bridgehead atoms. The highest BCUT2D eigenvalue weighted by Gasteiger charge is 2.18. The second-order valence-electron chi connectivity index (χ2n) is 6.82. The van der Waals surface area contributed by atoms with Gasteiger partial charge >= 0.3 is 0 Å². The van der Waals surface area contributed by atoms with Crippen LogP contribution >= 0.6 is 22.9 Å². The number of carbonyl (C=O) groups is 1. The van der Waals surface area contributed by atoms with Crippen molar-refractivity contribution in [1.82, 2.24) is 24.7 Å². The first-order chi connectivity index (χ1) is 15.1. The first-order valence-electron chi connectivity index (χ1n) is 9.37. The summed E-state index contributed by atoms with van der Waals surface area (Å²) in [5.41, 5.74) is 6.07. The Balaban J connectivity index is 1.59. The minimum Gasteiger partial charge on any atom is -0.319 e. The van der Waals surface area contributed by atoms with Crippen molar-refractivity contribution < 1.29 is 4.79 Å². The molecule has 0 atom stereocenters. The van der Waals surface area contributed by atoms with Gasteiger partial charge in [-0.25, -0.2) is 19.6 Å². The van der Waals surface area contributed by atoms with Crippen LogP contribution in [0.15, 0.2) is 66.3 Å². The van der Waals surface area contributed by atoms with Gasteiger partial charge in [-0.1, -0.05) is 23.7 Å². The highest BCUT2D eigenvalue weighted by atomic mass is 35.5. The highest BCUT2D eigenvalue weighted by molar-refractivity contribution is 7.16. The number of amides is 1. The highest BCUT2D eigenvalue weighted by Crippen LogP contribution is 2.28. The predicted molar refractivity (Wildman–Crippen MR) is 122 cm³/mol. The van der Waals surface area contributed by atoms with Crippen LogP contribution in [-0.4, -0.2) is 30.6 Å². The first kappa shape index (κ1) is 19.3. The summed E-state index contributed by atoms with van der Waals surface area (Å²) in [6.07, 6.45) is 1.50. The van der Waals surface area contributed by atoms with Gasteiger partial charge in [0.1, 0.15) is 5.15 Å². The molecule has 0 saturated heterocycles. The van der Waals surface area contributed by atoms with Crippen LogP contribution in [0.4, 0.5) is 5.69 Å². The molecule has 4 heterocycles. The summed E-state index contributed by atoms with van der Waals surface area (Å²) in [6, 6.07) is 16.7. The number of nitrogens with zero attached hydrogens (tertiary/aromatic N) is 5. The molecule has 1 aromatic carbocycles. The van der Waals surface area contributed by atoms with Crippen LogP contribution in [0, 0.1) is 6.92 Å². The van der Waals surface area contributed by atoms with Crippen LogP contribution in [0.25, 0.3) is 27.3 Å². The zero-order valence-electron chi connectivity index (χ0n) is 16.3. The number of aryl methyl sites for hydroxylation is 1. The quantitative estimate of drug-likeness (QED) is 0.386. The molecule has 152 valence electrons. The molecule has 0 radical (unpaired) electrons. The van der Waals surface area contributed by atoms with Crippen molar-refractivity contribution in [3.05, 3.63) is 82.8 Å². The normalized spacial score (nSPS) is 11.0. The summed E-state index contributed by atoms with van der Waals surface area (Å²) in [6.45, 7) is 1.91. The number of benzene rings is 1. The number of rotatable bonds is 4. The van der Waals surface area contributed by atoms with Crippen molar-refractivity contribution >= 4 is 44.7 Å².